The maximum atomic E-state index is 13.3. The molecule has 1 aromatic carbocycles. The van der Waals surface area contributed by atoms with Gasteiger partial charge in [-0.05, 0) is 44.9 Å². The molecule has 6 nitrogen and oxygen atoms in total. The molecule has 0 radical (unpaired) electrons. The smallest absolute Gasteiger partial charge is 0.237 e. The Morgan fingerprint density at radius 2 is 1.93 bits per heavy atom. The van der Waals surface area contributed by atoms with E-state index in [0.29, 0.717) is 12.2 Å². The number of aromatic nitrogens is 2. The number of amides is 1. The van der Waals surface area contributed by atoms with Gasteiger partial charge in [-0.2, -0.15) is 0 Å². The predicted molar refractivity (Wildman–Crippen MR) is 123 cm³/mol. The van der Waals surface area contributed by atoms with Gasteiger partial charge in [0.25, 0.3) is 0 Å². The fraction of sp³-hybridized carbons (Fsp3) is 0.381. The van der Waals surface area contributed by atoms with Gasteiger partial charge in [0.1, 0.15) is 15.7 Å². The van der Waals surface area contributed by atoms with Crippen molar-refractivity contribution in [3.8, 4) is 0 Å². The highest BCUT2D eigenvalue weighted by Crippen LogP contribution is 2.35. The Morgan fingerprint density at radius 1 is 1.20 bits per heavy atom. The second kappa shape index (κ2) is 8.28. The highest BCUT2D eigenvalue weighted by molar-refractivity contribution is 8.00. The Bertz CT molecular complexity index is 1210. The quantitative estimate of drug-likeness (QED) is 0.423. The fourth-order valence-electron chi connectivity index (χ4n) is 3.74. The Hall–Kier alpha value is -1.97. The van der Waals surface area contributed by atoms with E-state index in [1.807, 2.05) is 37.3 Å². The number of fused-ring (bicyclic) bond motifs is 1. The molecule has 1 atom stereocenters. The summed E-state index contributed by atoms with van der Waals surface area (Å²) in [6.07, 6.45) is 0.466. The van der Waals surface area contributed by atoms with Crippen LogP contribution in [-0.2, 0) is 14.6 Å². The van der Waals surface area contributed by atoms with E-state index in [-0.39, 0.29) is 29.2 Å². The Balaban J connectivity index is 1.62. The zero-order chi connectivity index (χ0) is 21.5. The number of carbonyl (C=O) groups is 1. The van der Waals surface area contributed by atoms with Crippen LogP contribution in [0.15, 0.2) is 35.4 Å². The molecule has 9 heteroatoms. The summed E-state index contributed by atoms with van der Waals surface area (Å²) in [5.41, 5.74) is 1.88. The first kappa shape index (κ1) is 21.3. The predicted octanol–water partition coefficient (Wildman–Crippen LogP) is 3.93. The van der Waals surface area contributed by atoms with Crippen molar-refractivity contribution in [3.63, 3.8) is 0 Å². The van der Waals surface area contributed by atoms with E-state index in [4.69, 9.17) is 0 Å². The second-order valence-corrected chi connectivity index (χ2v) is 11.9. The lowest BCUT2D eigenvalue weighted by molar-refractivity contribution is -0.116. The highest BCUT2D eigenvalue weighted by atomic mass is 32.2. The standard InChI is InChI=1S/C21H23N3O3S3/c1-13-14(2)29-21-19(13)20(22-15(3)23-21)28-11-18(25)24(16-7-5-4-6-8-16)17-9-10-30(26,27)12-17/h4-8,17H,9-12H2,1-3H3/t17-/m0/s1. The second-order valence-electron chi connectivity index (χ2n) is 7.48. The minimum absolute atomic E-state index is 0.0119. The summed E-state index contributed by atoms with van der Waals surface area (Å²) in [7, 11) is -3.11. The van der Waals surface area contributed by atoms with Gasteiger partial charge in [0.2, 0.25) is 5.91 Å². The molecule has 2 aromatic heterocycles. The lowest BCUT2D eigenvalue weighted by Crippen LogP contribution is -2.42. The summed E-state index contributed by atoms with van der Waals surface area (Å²) >= 11 is 3.03. The lowest BCUT2D eigenvalue weighted by Gasteiger charge is -2.28. The van der Waals surface area contributed by atoms with Crippen LogP contribution in [0.3, 0.4) is 0 Å². The van der Waals surface area contributed by atoms with Gasteiger partial charge >= 0.3 is 0 Å². The third-order valence-electron chi connectivity index (χ3n) is 5.32. The zero-order valence-corrected chi connectivity index (χ0v) is 19.5. The molecule has 30 heavy (non-hydrogen) atoms. The first-order chi connectivity index (χ1) is 14.2. The average molecular weight is 462 g/mol. The van der Waals surface area contributed by atoms with Crippen LogP contribution >= 0.6 is 23.1 Å². The molecule has 158 valence electrons. The van der Waals surface area contributed by atoms with Crippen LogP contribution < -0.4 is 4.90 Å². The summed E-state index contributed by atoms with van der Waals surface area (Å²) in [6, 6.07) is 8.98. The van der Waals surface area contributed by atoms with Crippen LogP contribution in [0.5, 0.6) is 0 Å². The zero-order valence-electron chi connectivity index (χ0n) is 17.1. The molecule has 3 heterocycles. The van der Waals surface area contributed by atoms with Crippen molar-refractivity contribution in [2.75, 3.05) is 22.2 Å². The summed E-state index contributed by atoms with van der Waals surface area (Å²) in [5.74, 6) is 0.895. The number of aryl methyl sites for hydroxylation is 3. The number of hydrogen-bond acceptors (Lipinski definition) is 7. The molecule has 3 aromatic rings. The van der Waals surface area contributed by atoms with E-state index in [2.05, 4.69) is 23.8 Å². The van der Waals surface area contributed by atoms with Gasteiger partial charge < -0.3 is 4.90 Å². The van der Waals surface area contributed by atoms with E-state index < -0.39 is 9.84 Å². The maximum Gasteiger partial charge on any atom is 0.237 e. The first-order valence-electron chi connectivity index (χ1n) is 9.70. The van der Waals surface area contributed by atoms with E-state index >= 15 is 0 Å². The van der Waals surface area contributed by atoms with Crippen molar-refractivity contribution in [2.24, 2.45) is 0 Å². The Labute approximate surface area is 184 Å². The number of hydrogen-bond donors (Lipinski definition) is 0. The number of sulfone groups is 1. The number of carbonyl (C=O) groups excluding carboxylic acids is 1. The van der Waals surface area contributed by atoms with Crippen molar-refractivity contribution in [1.29, 1.82) is 0 Å². The molecule has 0 spiro atoms. The number of thiophene rings is 1. The van der Waals surface area contributed by atoms with Crippen LogP contribution in [-0.4, -0.2) is 47.6 Å². The lowest BCUT2D eigenvalue weighted by atomic mass is 10.2. The normalized spacial score (nSPS) is 18.0. The third kappa shape index (κ3) is 4.24. The van der Waals surface area contributed by atoms with Gasteiger partial charge in [0.15, 0.2) is 9.84 Å². The Kier molecular flexibility index (Phi) is 5.87. The van der Waals surface area contributed by atoms with Gasteiger partial charge in [-0.1, -0.05) is 30.0 Å². The summed E-state index contributed by atoms with van der Waals surface area (Å²) in [6.45, 7) is 5.97. The molecule has 0 unspecified atom stereocenters. The minimum atomic E-state index is -3.11. The molecule has 1 aliphatic heterocycles. The van der Waals surface area contributed by atoms with Crippen LogP contribution in [0.25, 0.3) is 10.2 Å². The molecule has 1 fully saturated rings. The number of benzene rings is 1. The van der Waals surface area contributed by atoms with E-state index in [0.717, 1.165) is 26.5 Å². The average Bonchev–Trinajstić information content (AvgIpc) is 3.19. The van der Waals surface area contributed by atoms with Crippen LogP contribution in [0, 0.1) is 20.8 Å². The van der Waals surface area contributed by atoms with Crippen LogP contribution in [0.2, 0.25) is 0 Å². The van der Waals surface area contributed by atoms with Crippen molar-refractivity contribution >= 4 is 54.7 Å². The highest BCUT2D eigenvalue weighted by Gasteiger charge is 2.35. The van der Waals surface area contributed by atoms with Crippen LogP contribution in [0.1, 0.15) is 22.7 Å². The molecule has 4 rings (SSSR count). The van der Waals surface area contributed by atoms with E-state index in [1.165, 1.54) is 16.6 Å². The number of rotatable bonds is 5. The molecule has 1 aliphatic rings. The van der Waals surface area contributed by atoms with Gasteiger partial charge in [-0.15, -0.1) is 11.3 Å². The first-order valence-corrected chi connectivity index (χ1v) is 13.3. The molecule has 0 aliphatic carbocycles. The number of para-hydroxylation sites is 1. The van der Waals surface area contributed by atoms with E-state index in [9.17, 15) is 13.2 Å². The van der Waals surface area contributed by atoms with Gasteiger partial charge in [-0.3, -0.25) is 4.79 Å². The van der Waals surface area contributed by atoms with Crippen molar-refractivity contribution in [1.82, 2.24) is 9.97 Å². The van der Waals surface area contributed by atoms with E-state index in [1.54, 1.807) is 16.2 Å². The Morgan fingerprint density at radius 3 is 2.60 bits per heavy atom. The van der Waals surface area contributed by atoms with Crippen molar-refractivity contribution in [2.45, 2.75) is 38.3 Å². The maximum absolute atomic E-state index is 13.3. The van der Waals surface area contributed by atoms with Gasteiger partial charge in [0, 0.05) is 16.0 Å². The number of thioether (sulfide) groups is 1. The summed E-state index contributed by atoms with van der Waals surface area (Å²) < 4.78 is 24.1. The molecule has 0 saturated carbocycles. The molecule has 0 bridgehead atoms. The molecule has 1 amide bonds. The fourth-order valence-corrected chi connectivity index (χ4v) is 7.57. The third-order valence-corrected chi connectivity index (χ3v) is 9.13. The van der Waals surface area contributed by atoms with Gasteiger partial charge in [-0.25, -0.2) is 18.4 Å². The topological polar surface area (TPSA) is 80.2 Å². The summed E-state index contributed by atoms with van der Waals surface area (Å²) in [5, 5.41) is 1.82. The monoisotopic (exact) mass is 461 g/mol. The molecule has 0 N–H and O–H groups in total. The summed E-state index contributed by atoms with van der Waals surface area (Å²) in [4.78, 5) is 26.2. The molecular formula is C21H23N3O3S3. The largest absolute Gasteiger partial charge is 0.308 e. The number of nitrogens with zero attached hydrogens (tertiary/aromatic N) is 3. The van der Waals surface area contributed by atoms with Crippen molar-refractivity contribution in [3.05, 3.63) is 46.6 Å². The van der Waals surface area contributed by atoms with Crippen molar-refractivity contribution < 1.29 is 13.2 Å². The number of anilines is 1. The molecule has 1 saturated heterocycles. The van der Waals surface area contributed by atoms with Crippen LogP contribution in [0.4, 0.5) is 5.69 Å². The van der Waals surface area contributed by atoms with Gasteiger partial charge in [0.05, 0.1) is 23.3 Å². The SMILES string of the molecule is Cc1nc(SCC(=O)N(c2ccccc2)[C@H]2CCS(=O)(=O)C2)c2c(C)c(C)sc2n1. The molecular weight excluding hydrogens is 438 g/mol. The minimum Gasteiger partial charge on any atom is -0.308 e.